The van der Waals surface area contributed by atoms with E-state index in [0.717, 1.165) is 13.1 Å². The third-order valence-corrected chi connectivity index (χ3v) is 3.17. The molecule has 0 aromatic heterocycles. The van der Waals surface area contributed by atoms with Crippen LogP contribution in [0, 0.1) is 11.8 Å². The molecule has 0 spiro atoms. The van der Waals surface area contributed by atoms with Crippen molar-refractivity contribution in [2.75, 3.05) is 26.2 Å². The van der Waals surface area contributed by atoms with Crippen molar-refractivity contribution in [2.45, 2.75) is 26.4 Å². The van der Waals surface area contributed by atoms with Crippen molar-refractivity contribution in [1.82, 2.24) is 4.90 Å². The lowest BCUT2D eigenvalue weighted by molar-refractivity contribution is -0.640. The molecule has 86 valence electrons. The Morgan fingerprint density at radius 3 is 2.27 bits per heavy atom. The quantitative estimate of drug-likeness (QED) is 0.618. The van der Waals surface area contributed by atoms with Crippen LogP contribution in [0.2, 0.25) is 0 Å². The van der Waals surface area contributed by atoms with Crippen LogP contribution >= 0.6 is 0 Å². The standard InChI is InChI=1S/C11H20N2O2/c1-11(2,3)15-10(14)13-6-8-4-12-5-9(8)7-13/h8-9,12H,4-7H2,1-3H3/p+1. The molecule has 2 aliphatic heterocycles. The molecule has 0 saturated carbocycles. The highest BCUT2D eigenvalue weighted by Gasteiger charge is 2.41. The van der Waals surface area contributed by atoms with E-state index in [-0.39, 0.29) is 11.7 Å². The van der Waals surface area contributed by atoms with Crippen LogP contribution in [0.1, 0.15) is 20.8 Å². The number of hydrogen-bond acceptors (Lipinski definition) is 2. The summed E-state index contributed by atoms with van der Waals surface area (Å²) in [7, 11) is 0. The Labute approximate surface area is 91.0 Å². The molecular weight excluding hydrogens is 192 g/mol. The summed E-state index contributed by atoms with van der Waals surface area (Å²) in [6.07, 6.45) is -0.142. The van der Waals surface area contributed by atoms with Crippen LogP contribution in [0.15, 0.2) is 0 Å². The number of nitrogens with zero attached hydrogens (tertiary/aromatic N) is 1. The molecule has 2 unspecified atom stereocenters. The van der Waals surface area contributed by atoms with Gasteiger partial charge in [0.1, 0.15) is 5.60 Å². The highest BCUT2D eigenvalue weighted by molar-refractivity contribution is 5.68. The predicted molar refractivity (Wildman–Crippen MR) is 56.4 cm³/mol. The van der Waals surface area contributed by atoms with Crippen LogP contribution in [0.5, 0.6) is 0 Å². The van der Waals surface area contributed by atoms with Gasteiger partial charge in [-0.15, -0.1) is 0 Å². The molecule has 2 fully saturated rings. The van der Waals surface area contributed by atoms with Gasteiger partial charge in [0.2, 0.25) is 0 Å². The molecular formula is C11H21N2O2+. The maximum Gasteiger partial charge on any atom is 0.410 e. The molecule has 0 radical (unpaired) electrons. The van der Waals surface area contributed by atoms with Crippen molar-refractivity contribution >= 4 is 6.09 Å². The average Bonchev–Trinajstić information content (AvgIpc) is 2.56. The molecule has 4 heteroatoms. The van der Waals surface area contributed by atoms with Crippen molar-refractivity contribution in [3.8, 4) is 0 Å². The number of carbonyl (C=O) groups is 1. The Morgan fingerprint density at radius 2 is 1.80 bits per heavy atom. The van der Waals surface area contributed by atoms with Gasteiger partial charge in [0, 0.05) is 24.9 Å². The first kappa shape index (κ1) is 10.7. The van der Waals surface area contributed by atoms with Crippen molar-refractivity contribution in [3.63, 3.8) is 0 Å². The molecule has 2 saturated heterocycles. The molecule has 2 N–H and O–H groups in total. The SMILES string of the molecule is CC(C)(C)OC(=O)N1CC2C[NH2+]CC2C1. The van der Waals surface area contributed by atoms with E-state index in [0.29, 0.717) is 11.8 Å². The molecule has 15 heavy (non-hydrogen) atoms. The van der Waals surface area contributed by atoms with Crippen molar-refractivity contribution < 1.29 is 14.8 Å². The monoisotopic (exact) mass is 213 g/mol. The molecule has 0 bridgehead atoms. The number of hydrogen-bond donors (Lipinski definition) is 1. The van der Waals surface area contributed by atoms with Crippen molar-refractivity contribution in [1.29, 1.82) is 0 Å². The number of rotatable bonds is 0. The van der Waals surface area contributed by atoms with Gasteiger partial charge in [-0.25, -0.2) is 4.79 Å². The number of fused-ring (bicyclic) bond motifs is 1. The normalized spacial score (nSPS) is 30.5. The maximum atomic E-state index is 11.8. The second kappa shape index (κ2) is 3.67. The fraction of sp³-hybridized carbons (Fsp3) is 0.909. The van der Waals surface area contributed by atoms with Crippen LogP contribution in [0.3, 0.4) is 0 Å². The predicted octanol–water partition coefficient (Wildman–Crippen LogP) is 0.0465. The molecule has 2 rings (SSSR count). The lowest BCUT2D eigenvalue weighted by atomic mass is 10.0. The minimum atomic E-state index is -0.374. The first-order valence-corrected chi connectivity index (χ1v) is 5.75. The Kier molecular flexibility index (Phi) is 2.63. The summed E-state index contributed by atoms with van der Waals surface area (Å²) in [5.74, 6) is 1.38. The summed E-state index contributed by atoms with van der Waals surface area (Å²) in [6, 6.07) is 0. The van der Waals surface area contributed by atoms with Crippen molar-refractivity contribution in [2.24, 2.45) is 11.8 Å². The van der Waals surface area contributed by atoms with E-state index in [2.05, 4.69) is 5.32 Å². The number of likely N-dealkylation sites (tertiary alicyclic amines) is 1. The number of ether oxygens (including phenoxy) is 1. The van der Waals surface area contributed by atoms with Gasteiger partial charge >= 0.3 is 6.09 Å². The van der Waals surface area contributed by atoms with Gasteiger partial charge in [-0.1, -0.05) is 0 Å². The molecule has 0 aliphatic carbocycles. The molecule has 2 heterocycles. The highest BCUT2D eigenvalue weighted by Crippen LogP contribution is 2.25. The zero-order valence-corrected chi connectivity index (χ0v) is 9.82. The van der Waals surface area contributed by atoms with Crippen LogP contribution in [-0.2, 0) is 4.74 Å². The van der Waals surface area contributed by atoms with E-state index in [4.69, 9.17) is 4.74 Å². The van der Waals surface area contributed by atoms with Gasteiger partial charge < -0.3 is 15.0 Å². The lowest BCUT2D eigenvalue weighted by Gasteiger charge is -2.24. The van der Waals surface area contributed by atoms with E-state index in [1.807, 2.05) is 25.7 Å². The topological polar surface area (TPSA) is 46.1 Å². The third-order valence-electron chi connectivity index (χ3n) is 3.17. The minimum absolute atomic E-state index is 0.142. The Morgan fingerprint density at radius 1 is 1.27 bits per heavy atom. The number of carbonyl (C=O) groups excluding carboxylic acids is 1. The van der Waals surface area contributed by atoms with Gasteiger partial charge in [-0.3, -0.25) is 0 Å². The largest absolute Gasteiger partial charge is 0.444 e. The molecule has 4 nitrogen and oxygen atoms in total. The second-order valence-corrected chi connectivity index (χ2v) is 5.67. The molecule has 1 amide bonds. The Bertz CT molecular complexity index is 248. The Balaban J connectivity index is 1.88. The van der Waals surface area contributed by atoms with Gasteiger partial charge in [-0.2, -0.15) is 0 Å². The number of nitrogens with two attached hydrogens (primary N) is 1. The van der Waals surface area contributed by atoms with E-state index < -0.39 is 0 Å². The summed E-state index contributed by atoms with van der Waals surface area (Å²) in [6.45, 7) is 9.85. The molecule has 2 aliphatic rings. The first-order valence-electron chi connectivity index (χ1n) is 5.75. The average molecular weight is 213 g/mol. The highest BCUT2D eigenvalue weighted by atomic mass is 16.6. The smallest absolute Gasteiger partial charge is 0.410 e. The molecule has 0 aromatic rings. The summed E-state index contributed by atoms with van der Waals surface area (Å²) in [5, 5.41) is 2.35. The van der Waals surface area contributed by atoms with Gasteiger partial charge in [0.25, 0.3) is 0 Å². The molecule has 0 aromatic carbocycles. The van der Waals surface area contributed by atoms with Crippen LogP contribution < -0.4 is 5.32 Å². The number of quaternary nitrogens is 1. The summed E-state index contributed by atoms with van der Waals surface area (Å²) >= 11 is 0. The van der Waals surface area contributed by atoms with Crippen LogP contribution in [0.4, 0.5) is 4.79 Å². The van der Waals surface area contributed by atoms with E-state index >= 15 is 0 Å². The van der Waals surface area contributed by atoms with Crippen LogP contribution in [0.25, 0.3) is 0 Å². The van der Waals surface area contributed by atoms with E-state index in [1.54, 1.807) is 0 Å². The Hall–Kier alpha value is -0.770. The van der Waals surface area contributed by atoms with Gasteiger partial charge in [0.05, 0.1) is 13.1 Å². The minimum Gasteiger partial charge on any atom is -0.444 e. The fourth-order valence-corrected chi connectivity index (χ4v) is 2.47. The summed E-state index contributed by atoms with van der Waals surface area (Å²) < 4.78 is 5.36. The first-order chi connectivity index (χ1) is 6.96. The van der Waals surface area contributed by atoms with E-state index in [1.165, 1.54) is 13.1 Å². The zero-order chi connectivity index (χ0) is 11.1. The lowest BCUT2D eigenvalue weighted by Crippen LogP contribution is -2.82. The van der Waals surface area contributed by atoms with Crippen LogP contribution in [-0.4, -0.2) is 42.8 Å². The van der Waals surface area contributed by atoms with E-state index in [9.17, 15) is 4.79 Å². The zero-order valence-electron chi connectivity index (χ0n) is 9.82. The number of amides is 1. The van der Waals surface area contributed by atoms with Gasteiger partial charge in [0.15, 0.2) is 0 Å². The second-order valence-electron chi connectivity index (χ2n) is 5.67. The van der Waals surface area contributed by atoms with Crippen molar-refractivity contribution in [3.05, 3.63) is 0 Å². The van der Waals surface area contributed by atoms with Gasteiger partial charge in [-0.05, 0) is 20.8 Å². The summed E-state index contributed by atoms with van der Waals surface area (Å²) in [4.78, 5) is 13.7. The maximum absolute atomic E-state index is 11.8. The molecule has 2 atom stereocenters. The third kappa shape index (κ3) is 2.43. The fourth-order valence-electron chi connectivity index (χ4n) is 2.47. The summed E-state index contributed by atoms with van der Waals surface area (Å²) in [5.41, 5.74) is -0.374.